The molecule has 132 valence electrons. The fourth-order valence-corrected chi connectivity index (χ4v) is 1.89. The van der Waals surface area contributed by atoms with Crippen molar-refractivity contribution in [3.63, 3.8) is 0 Å². The number of amides is 1. The smallest absolute Gasteiger partial charge is 0.291 e. The molecule has 1 aromatic carbocycles. The molecule has 0 unspecified atom stereocenters. The monoisotopic (exact) mass is 334 g/mol. The molecular weight excluding hydrogens is 308 g/mol. The topological polar surface area (TPSA) is 69.2 Å². The van der Waals surface area contributed by atoms with Gasteiger partial charge in [-0.2, -0.15) is 0 Å². The van der Waals surface area contributed by atoms with Gasteiger partial charge in [0, 0.05) is 5.56 Å². The third-order valence-electron chi connectivity index (χ3n) is 3.69. The maximum absolute atomic E-state index is 12.5. The number of benzene rings is 1. The summed E-state index contributed by atoms with van der Waals surface area (Å²) in [5.41, 5.74) is 0.470. The van der Waals surface area contributed by atoms with Crippen LogP contribution in [0.15, 0.2) is 23.2 Å². The number of hydrogen-bond acceptors (Lipinski definition) is 5. The molecule has 0 spiro atoms. The number of nitrogens with zero attached hydrogens (tertiary/aromatic N) is 1. The van der Waals surface area contributed by atoms with E-state index in [4.69, 9.17) is 14.2 Å². The number of carbonyl (C=O) groups is 1. The van der Waals surface area contributed by atoms with Gasteiger partial charge in [-0.1, -0.05) is 27.7 Å². The Bertz CT molecular complexity index is 611. The van der Waals surface area contributed by atoms with Gasteiger partial charge in [0.05, 0.1) is 12.6 Å². The van der Waals surface area contributed by atoms with Crippen molar-refractivity contribution < 1.29 is 19.0 Å². The van der Waals surface area contributed by atoms with E-state index in [0.29, 0.717) is 35.5 Å². The minimum atomic E-state index is -0.285. The van der Waals surface area contributed by atoms with Crippen LogP contribution in [0.5, 0.6) is 11.5 Å². The van der Waals surface area contributed by atoms with Gasteiger partial charge >= 0.3 is 0 Å². The maximum Gasteiger partial charge on any atom is 0.291 e. The first kappa shape index (κ1) is 18.1. The lowest BCUT2D eigenvalue weighted by molar-refractivity contribution is 0.0962. The maximum atomic E-state index is 12.5. The number of aliphatic imine (C=N–C) groups is 1. The molecule has 24 heavy (non-hydrogen) atoms. The van der Waals surface area contributed by atoms with E-state index >= 15 is 0 Å². The van der Waals surface area contributed by atoms with Crippen LogP contribution in [0.4, 0.5) is 0 Å². The predicted molar refractivity (Wildman–Crippen MR) is 92.6 cm³/mol. The van der Waals surface area contributed by atoms with Gasteiger partial charge in [0.15, 0.2) is 11.5 Å². The van der Waals surface area contributed by atoms with Crippen LogP contribution in [-0.4, -0.2) is 31.4 Å². The van der Waals surface area contributed by atoms with Crippen molar-refractivity contribution in [3.05, 3.63) is 23.8 Å². The minimum Gasteiger partial charge on any atom is -0.465 e. The van der Waals surface area contributed by atoms with Crippen molar-refractivity contribution in [1.82, 2.24) is 5.32 Å². The summed E-state index contributed by atoms with van der Waals surface area (Å²) in [5.74, 6) is 1.62. The first-order valence-corrected chi connectivity index (χ1v) is 8.28. The van der Waals surface area contributed by atoms with Gasteiger partial charge in [0.25, 0.3) is 11.9 Å². The van der Waals surface area contributed by atoms with Crippen molar-refractivity contribution in [2.75, 3.05) is 13.4 Å². The lowest BCUT2D eigenvalue weighted by atomic mass is 10.1. The number of fused-ring (bicyclic) bond motifs is 1. The van der Waals surface area contributed by atoms with Crippen LogP contribution in [0, 0.1) is 11.8 Å². The summed E-state index contributed by atoms with van der Waals surface area (Å²) in [5, 5.41) is 2.76. The summed E-state index contributed by atoms with van der Waals surface area (Å²) in [6, 6.07) is 5.37. The fraction of sp³-hybridized carbons (Fsp3) is 0.556. The molecule has 0 saturated carbocycles. The Hall–Kier alpha value is -2.24. The van der Waals surface area contributed by atoms with Crippen molar-refractivity contribution in [2.24, 2.45) is 16.8 Å². The highest BCUT2D eigenvalue weighted by Crippen LogP contribution is 2.32. The zero-order valence-corrected chi connectivity index (χ0v) is 15.0. The second-order valence-corrected chi connectivity index (χ2v) is 6.65. The van der Waals surface area contributed by atoms with Crippen molar-refractivity contribution in [2.45, 2.75) is 40.7 Å². The Balaban J connectivity index is 2.11. The summed E-state index contributed by atoms with van der Waals surface area (Å²) in [7, 11) is 0. The third kappa shape index (κ3) is 4.88. The number of rotatable bonds is 5. The highest BCUT2D eigenvalue weighted by molar-refractivity contribution is 6.04. The summed E-state index contributed by atoms with van der Waals surface area (Å²) in [6.45, 7) is 10.9. The SMILES string of the molecule is CC(C)COC(=N[C@H](C)C(C)C)NC(=O)c1ccc2c(c1)OCO2. The Morgan fingerprint density at radius 3 is 2.58 bits per heavy atom. The Morgan fingerprint density at radius 1 is 1.21 bits per heavy atom. The molecule has 1 aliphatic heterocycles. The van der Waals surface area contributed by atoms with E-state index in [0.717, 1.165) is 0 Å². The van der Waals surface area contributed by atoms with Gasteiger partial charge in [-0.25, -0.2) is 4.99 Å². The number of amidine groups is 1. The molecule has 0 aliphatic carbocycles. The molecule has 1 atom stereocenters. The van der Waals surface area contributed by atoms with Gasteiger partial charge in [-0.15, -0.1) is 0 Å². The van der Waals surface area contributed by atoms with Crippen molar-refractivity contribution >= 4 is 11.9 Å². The van der Waals surface area contributed by atoms with Gasteiger partial charge in [0.2, 0.25) is 6.79 Å². The molecule has 1 aromatic rings. The minimum absolute atomic E-state index is 0.0456. The van der Waals surface area contributed by atoms with Crippen molar-refractivity contribution in [1.29, 1.82) is 0 Å². The summed E-state index contributed by atoms with van der Waals surface area (Å²) >= 11 is 0. The molecule has 0 aromatic heterocycles. The van der Waals surface area contributed by atoms with E-state index in [-0.39, 0.29) is 24.8 Å². The van der Waals surface area contributed by atoms with Crippen LogP contribution in [0.25, 0.3) is 0 Å². The lowest BCUT2D eigenvalue weighted by Crippen LogP contribution is -2.34. The van der Waals surface area contributed by atoms with Crippen LogP contribution >= 0.6 is 0 Å². The number of ether oxygens (including phenoxy) is 3. The Morgan fingerprint density at radius 2 is 1.92 bits per heavy atom. The average molecular weight is 334 g/mol. The molecule has 1 amide bonds. The second kappa shape index (κ2) is 8.04. The number of hydrogen-bond donors (Lipinski definition) is 1. The molecule has 0 saturated heterocycles. The average Bonchev–Trinajstić information content (AvgIpc) is 2.99. The number of nitrogens with one attached hydrogen (secondary N) is 1. The molecule has 0 fully saturated rings. The van der Waals surface area contributed by atoms with Gasteiger partial charge in [-0.3, -0.25) is 10.1 Å². The third-order valence-corrected chi connectivity index (χ3v) is 3.69. The molecule has 6 heteroatoms. The molecule has 0 radical (unpaired) electrons. The highest BCUT2D eigenvalue weighted by Gasteiger charge is 2.18. The molecule has 1 heterocycles. The molecule has 2 rings (SSSR count). The van der Waals surface area contributed by atoms with Crippen LogP contribution in [-0.2, 0) is 4.74 Å². The van der Waals surface area contributed by atoms with E-state index in [2.05, 4.69) is 24.2 Å². The predicted octanol–water partition coefficient (Wildman–Crippen LogP) is 3.22. The fourth-order valence-electron chi connectivity index (χ4n) is 1.89. The normalized spacial score (nSPS) is 14.9. The Kier molecular flexibility index (Phi) is 6.06. The zero-order chi connectivity index (χ0) is 17.7. The van der Waals surface area contributed by atoms with E-state index in [9.17, 15) is 4.79 Å². The summed E-state index contributed by atoms with van der Waals surface area (Å²) < 4.78 is 16.2. The van der Waals surface area contributed by atoms with Gasteiger partial charge in [-0.05, 0) is 37.0 Å². The van der Waals surface area contributed by atoms with Gasteiger partial charge in [0.1, 0.15) is 0 Å². The Labute approximate surface area is 143 Å². The highest BCUT2D eigenvalue weighted by atomic mass is 16.7. The molecule has 1 N–H and O–H groups in total. The zero-order valence-electron chi connectivity index (χ0n) is 15.0. The molecule has 6 nitrogen and oxygen atoms in total. The van der Waals surface area contributed by atoms with Crippen LogP contribution < -0.4 is 14.8 Å². The molecular formula is C18H26N2O4. The summed E-state index contributed by atoms with van der Waals surface area (Å²) in [4.78, 5) is 17.0. The quantitative estimate of drug-likeness (QED) is 0.663. The first-order chi connectivity index (χ1) is 11.4. The first-order valence-electron chi connectivity index (χ1n) is 8.28. The molecule has 1 aliphatic rings. The second-order valence-electron chi connectivity index (χ2n) is 6.65. The standard InChI is InChI=1S/C18H26N2O4/c1-11(2)9-22-18(19-13(5)12(3)4)20-17(21)14-6-7-15-16(8-14)24-10-23-15/h6-8,11-13H,9-10H2,1-5H3,(H,19,20,21)/t13-/m1/s1. The molecule has 0 bridgehead atoms. The van der Waals surface area contributed by atoms with Crippen LogP contribution in [0.3, 0.4) is 0 Å². The van der Waals surface area contributed by atoms with Gasteiger partial charge < -0.3 is 14.2 Å². The van der Waals surface area contributed by atoms with E-state index in [1.807, 2.05) is 20.8 Å². The van der Waals surface area contributed by atoms with E-state index in [1.54, 1.807) is 18.2 Å². The van der Waals surface area contributed by atoms with Crippen LogP contribution in [0.1, 0.15) is 45.0 Å². The van der Waals surface area contributed by atoms with Crippen LogP contribution in [0.2, 0.25) is 0 Å². The van der Waals surface area contributed by atoms with E-state index < -0.39 is 0 Å². The number of carbonyl (C=O) groups excluding carboxylic acids is 1. The van der Waals surface area contributed by atoms with Crippen molar-refractivity contribution in [3.8, 4) is 11.5 Å². The lowest BCUT2D eigenvalue weighted by Gasteiger charge is -2.16. The summed E-state index contributed by atoms with van der Waals surface area (Å²) in [6.07, 6.45) is 0. The van der Waals surface area contributed by atoms with E-state index in [1.165, 1.54) is 0 Å². The largest absolute Gasteiger partial charge is 0.465 e.